The van der Waals surface area contributed by atoms with Gasteiger partial charge in [-0.2, -0.15) is 0 Å². The predicted molar refractivity (Wildman–Crippen MR) is 80.4 cm³/mol. The van der Waals surface area contributed by atoms with Gasteiger partial charge in [0.2, 0.25) is 0 Å². The molecule has 1 aromatic carbocycles. The molecule has 0 aliphatic heterocycles. The molecule has 1 saturated carbocycles. The van der Waals surface area contributed by atoms with Crippen molar-refractivity contribution in [3.63, 3.8) is 0 Å². The summed E-state index contributed by atoms with van der Waals surface area (Å²) >= 11 is 0. The Hall–Kier alpha value is -1.64. The summed E-state index contributed by atoms with van der Waals surface area (Å²) in [6.07, 6.45) is 4.51. The molecule has 1 fully saturated rings. The first-order valence-corrected chi connectivity index (χ1v) is 7.30. The van der Waals surface area contributed by atoms with Crippen molar-refractivity contribution in [2.75, 3.05) is 11.9 Å². The van der Waals surface area contributed by atoms with Crippen LogP contribution in [0.1, 0.15) is 44.6 Å². The Morgan fingerprint density at radius 3 is 2.75 bits per heavy atom. The Morgan fingerprint density at radius 1 is 1.30 bits per heavy atom. The Labute approximate surface area is 120 Å². The Morgan fingerprint density at radius 2 is 2.05 bits per heavy atom. The zero-order valence-corrected chi connectivity index (χ0v) is 12.3. The van der Waals surface area contributed by atoms with Gasteiger partial charge in [0.1, 0.15) is 5.82 Å². The van der Waals surface area contributed by atoms with Crippen molar-refractivity contribution in [3.8, 4) is 0 Å². The number of benzene rings is 1. The van der Waals surface area contributed by atoms with Gasteiger partial charge in [0.25, 0.3) is 0 Å². The largest absolute Gasteiger partial charge is 0.382 e. The number of halogens is 1. The highest BCUT2D eigenvalue weighted by atomic mass is 19.1. The maximum Gasteiger partial charge on any atom is 0.158 e. The molecule has 0 heterocycles. The molecule has 0 atom stereocenters. The smallest absolute Gasteiger partial charge is 0.158 e. The van der Waals surface area contributed by atoms with E-state index >= 15 is 0 Å². The van der Waals surface area contributed by atoms with Crippen LogP contribution < -0.4 is 5.32 Å². The highest BCUT2D eigenvalue weighted by molar-refractivity contribution is 5.96. The number of carbonyl (C=O) groups is 1. The number of aryl methyl sites for hydroxylation is 1. The summed E-state index contributed by atoms with van der Waals surface area (Å²) in [7, 11) is 0. The molecule has 20 heavy (non-hydrogen) atoms. The summed E-state index contributed by atoms with van der Waals surface area (Å²) in [5.74, 6) is 0.0827. The number of hydrogen-bond acceptors (Lipinski definition) is 2. The monoisotopic (exact) mass is 275 g/mol. The normalized spacial score (nSPS) is 18.1. The molecule has 0 aromatic heterocycles. The van der Waals surface area contributed by atoms with Crippen LogP contribution in [0.4, 0.5) is 10.1 Å². The number of allylic oxidation sites excluding steroid dienone is 1. The molecule has 0 unspecified atom stereocenters. The molecular weight excluding hydrogens is 253 g/mol. The number of anilines is 1. The summed E-state index contributed by atoms with van der Waals surface area (Å²) in [5.41, 5.74) is 3.60. The number of ketones is 1. The van der Waals surface area contributed by atoms with Gasteiger partial charge in [-0.25, -0.2) is 4.39 Å². The summed E-state index contributed by atoms with van der Waals surface area (Å²) in [6, 6.07) is 5.18. The fourth-order valence-corrected chi connectivity index (χ4v) is 2.63. The van der Waals surface area contributed by atoms with E-state index in [1.807, 2.05) is 19.9 Å². The minimum Gasteiger partial charge on any atom is -0.382 e. The van der Waals surface area contributed by atoms with Crippen molar-refractivity contribution in [1.82, 2.24) is 0 Å². The lowest BCUT2D eigenvalue weighted by molar-refractivity contribution is -0.116. The second-order valence-corrected chi connectivity index (χ2v) is 5.55. The lowest BCUT2D eigenvalue weighted by Crippen LogP contribution is -2.12. The minimum atomic E-state index is -0.218. The standard InChI is InChI=1S/C17H22FNO/c1-12-7-8-16(15(18)11-12)19-10-9-13(2)14-5-3-4-6-17(14)20/h7-8,11,19H,3-6,9-10H2,1-2H3/b14-13+. The van der Waals surface area contributed by atoms with E-state index in [4.69, 9.17) is 0 Å². The zero-order valence-electron chi connectivity index (χ0n) is 12.3. The van der Waals surface area contributed by atoms with E-state index < -0.39 is 0 Å². The average molecular weight is 275 g/mol. The minimum absolute atomic E-state index is 0.218. The number of nitrogens with one attached hydrogen (secondary N) is 1. The molecule has 3 heteroatoms. The Bertz CT molecular complexity index is 534. The first kappa shape index (κ1) is 14.8. The SMILES string of the molecule is C/C(CCNc1ccc(C)cc1F)=C1/CCCCC1=O. The highest BCUT2D eigenvalue weighted by Gasteiger charge is 2.16. The molecule has 0 bridgehead atoms. The maximum atomic E-state index is 13.7. The molecular formula is C17H22FNO. The molecule has 0 amide bonds. The van der Waals surface area contributed by atoms with Crippen molar-refractivity contribution >= 4 is 11.5 Å². The fraction of sp³-hybridized carbons (Fsp3) is 0.471. The van der Waals surface area contributed by atoms with Gasteiger partial charge < -0.3 is 5.32 Å². The fourth-order valence-electron chi connectivity index (χ4n) is 2.63. The van der Waals surface area contributed by atoms with Crippen molar-refractivity contribution in [2.24, 2.45) is 0 Å². The number of carbonyl (C=O) groups excluding carboxylic acids is 1. The van der Waals surface area contributed by atoms with Crippen LogP contribution in [0, 0.1) is 12.7 Å². The van der Waals surface area contributed by atoms with Gasteiger partial charge in [0, 0.05) is 13.0 Å². The number of Topliss-reactive ketones (excluding diaryl/α,β-unsaturated/α-hetero) is 1. The van der Waals surface area contributed by atoms with Crippen molar-refractivity contribution in [2.45, 2.75) is 46.0 Å². The second-order valence-electron chi connectivity index (χ2n) is 5.55. The van der Waals surface area contributed by atoms with E-state index in [1.54, 1.807) is 6.07 Å². The third kappa shape index (κ3) is 3.69. The Balaban J connectivity index is 1.92. The maximum absolute atomic E-state index is 13.7. The lowest BCUT2D eigenvalue weighted by atomic mass is 9.89. The van der Waals surface area contributed by atoms with Crippen LogP contribution >= 0.6 is 0 Å². The number of hydrogen-bond donors (Lipinski definition) is 1. The van der Waals surface area contributed by atoms with Crippen LogP contribution in [-0.2, 0) is 4.79 Å². The Kier molecular flexibility index (Phi) is 4.94. The molecule has 2 nitrogen and oxygen atoms in total. The van der Waals surface area contributed by atoms with E-state index in [1.165, 1.54) is 6.07 Å². The molecule has 1 aromatic rings. The second kappa shape index (κ2) is 6.69. The summed E-state index contributed by atoms with van der Waals surface area (Å²) in [4.78, 5) is 11.8. The van der Waals surface area contributed by atoms with E-state index in [-0.39, 0.29) is 5.82 Å². The first-order valence-electron chi connectivity index (χ1n) is 7.30. The third-order valence-corrected chi connectivity index (χ3v) is 3.87. The number of rotatable bonds is 4. The van der Waals surface area contributed by atoms with Gasteiger partial charge in [0.05, 0.1) is 5.69 Å². The molecule has 0 saturated heterocycles. The summed E-state index contributed by atoms with van der Waals surface area (Å²) in [6.45, 7) is 4.55. The average Bonchev–Trinajstić information content (AvgIpc) is 2.41. The van der Waals surface area contributed by atoms with Crippen molar-refractivity contribution in [3.05, 3.63) is 40.7 Å². The van der Waals surface area contributed by atoms with Crippen LogP contribution in [0.5, 0.6) is 0 Å². The van der Waals surface area contributed by atoms with E-state index in [9.17, 15) is 9.18 Å². The van der Waals surface area contributed by atoms with Gasteiger partial charge in [-0.15, -0.1) is 0 Å². The predicted octanol–water partition coefficient (Wildman–Crippen LogP) is 4.40. The summed E-state index contributed by atoms with van der Waals surface area (Å²) < 4.78 is 13.7. The van der Waals surface area contributed by atoms with Crippen molar-refractivity contribution in [1.29, 1.82) is 0 Å². The van der Waals surface area contributed by atoms with E-state index in [2.05, 4.69) is 5.32 Å². The van der Waals surface area contributed by atoms with E-state index in [0.29, 0.717) is 24.4 Å². The van der Waals surface area contributed by atoms with Gasteiger partial charge in [-0.1, -0.05) is 11.6 Å². The van der Waals surface area contributed by atoms with Crippen LogP contribution in [0.2, 0.25) is 0 Å². The van der Waals surface area contributed by atoms with Crippen molar-refractivity contribution < 1.29 is 9.18 Å². The van der Waals surface area contributed by atoms with Gasteiger partial charge in [-0.05, 0) is 62.8 Å². The third-order valence-electron chi connectivity index (χ3n) is 3.87. The summed E-state index contributed by atoms with van der Waals surface area (Å²) in [5, 5.41) is 3.10. The molecule has 0 spiro atoms. The zero-order chi connectivity index (χ0) is 14.5. The topological polar surface area (TPSA) is 29.1 Å². The molecule has 108 valence electrons. The molecule has 2 rings (SSSR count). The molecule has 0 radical (unpaired) electrons. The van der Waals surface area contributed by atoms with E-state index in [0.717, 1.165) is 42.4 Å². The molecule has 1 aliphatic carbocycles. The van der Waals surface area contributed by atoms with Crippen LogP contribution in [0.25, 0.3) is 0 Å². The lowest BCUT2D eigenvalue weighted by Gasteiger charge is -2.16. The van der Waals surface area contributed by atoms with Crippen LogP contribution in [-0.4, -0.2) is 12.3 Å². The molecule has 1 N–H and O–H groups in total. The van der Waals surface area contributed by atoms with Gasteiger partial charge in [-0.3, -0.25) is 4.79 Å². The molecule has 1 aliphatic rings. The highest BCUT2D eigenvalue weighted by Crippen LogP contribution is 2.24. The van der Waals surface area contributed by atoms with Crippen LogP contribution in [0.3, 0.4) is 0 Å². The first-order chi connectivity index (χ1) is 9.58. The van der Waals surface area contributed by atoms with Gasteiger partial charge >= 0.3 is 0 Å². The quantitative estimate of drug-likeness (QED) is 0.825. The van der Waals surface area contributed by atoms with Gasteiger partial charge in [0.15, 0.2) is 5.78 Å². The van der Waals surface area contributed by atoms with Crippen LogP contribution in [0.15, 0.2) is 29.3 Å².